The van der Waals surface area contributed by atoms with E-state index in [1.807, 2.05) is 0 Å². The second kappa shape index (κ2) is 4.30. The van der Waals surface area contributed by atoms with Gasteiger partial charge in [-0.2, -0.15) is 0 Å². The summed E-state index contributed by atoms with van der Waals surface area (Å²) in [7, 11) is 0. The van der Waals surface area contributed by atoms with Crippen molar-refractivity contribution in [1.29, 1.82) is 0 Å². The molecule has 0 atom stereocenters. The third kappa shape index (κ3) is 2.28. The second-order valence-electron chi connectivity index (χ2n) is 3.08. The van der Waals surface area contributed by atoms with E-state index in [2.05, 4.69) is 15.0 Å². The van der Waals surface area contributed by atoms with E-state index < -0.39 is 4.92 Å². The van der Waals surface area contributed by atoms with Gasteiger partial charge in [0, 0.05) is 18.5 Å². The first-order chi connectivity index (χ1) is 8.08. The summed E-state index contributed by atoms with van der Waals surface area (Å²) in [5, 5.41) is 10.7. The van der Waals surface area contributed by atoms with Crippen LogP contribution in [0.1, 0.15) is 0 Å². The summed E-state index contributed by atoms with van der Waals surface area (Å²) >= 11 is 5.69. The third-order valence-electron chi connectivity index (χ3n) is 1.96. The predicted octanol–water partition coefficient (Wildman–Crippen LogP) is 1.68. The molecule has 0 spiro atoms. The number of aromatic nitrogens is 3. The van der Waals surface area contributed by atoms with E-state index in [-0.39, 0.29) is 28.0 Å². The Bertz CT molecular complexity index is 589. The number of nitrogen functional groups attached to an aromatic ring is 1. The topological polar surface area (TPSA) is 108 Å². The number of hydrogen-bond donors (Lipinski definition) is 1. The van der Waals surface area contributed by atoms with Crippen molar-refractivity contribution in [2.45, 2.75) is 0 Å². The van der Waals surface area contributed by atoms with Crippen LogP contribution in [0.5, 0.6) is 0 Å². The summed E-state index contributed by atoms with van der Waals surface area (Å²) in [6.07, 6.45) is 2.83. The van der Waals surface area contributed by atoms with E-state index in [1.54, 1.807) is 0 Å². The predicted molar refractivity (Wildman–Crippen MR) is 61.3 cm³/mol. The van der Waals surface area contributed by atoms with Gasteiger partial charge in [-0.3, -0.25) is 10.1 Å². The normalized spacial score (nSPS) is 10.2. The molecular weight excluding hydrogens is 246 g/mol. The molecule has 0 saturated heterocycles. The Kier molecular flexibility index (Phi) is 2.84. The molecule has 0 saturated carbocycles. The summed E-state index contributed by atoms with van der Waals surface area (Å²) in [4.78, 5) is 21.8. The Morgan fingerprint density at radius 2 is 2.00 bits per heavy atom. The highest BCUT2D eigenvalue weighted by Crippen LogP contribution is 2.25. The first kappa shape index (κ1) is 11.2. The number of nitro groups is 1. The molecule has 0 unspecified atom stereocenters. The van der Waals surface area contributed by atoms with Gasteiger partial charge in [0.2, 0.25) is 0 Å². The van der Waals surface area contributed by atoms with Crippen molar-refractivity contribution in [2.24, 2.45) is 0 Å². The van der Waals surface area contributed by atoms with Gasteiger partial charge in [0.05, 0.1) is 11.0 Å². The van der Waals surface area contributed by atoms with Gasteiger partial charge in [-0.25, -0.2) is 15.0 Å². The zero-order chi connectivity index (χ0) is 12.4. The maximum atomic E-state index is 10.7. The van der Waals surface area contributed by atoms with Crippen LogP contribution in [0.3, 0.4) is 0 Å². The van der Waals surface area contributed by atoms with Gasteiger partial charge in [-0.1, -0.05) is 11.6 Å². The summed E-state index contributed by atoms with van der Waals surface area (Å²) in [6.45, 7) is 0. The number of nitrogens with two attached hydrogens (primary N) is 1. The van der Waals surface area contributed by atoms with E-state index in [1.165, 1.54) is 18.5 Å². The van der Waals surface area contributed by atoms with Crippen LogP contribution in [0, 0.1) is 10.1 Å². The molecule has 0 aliphatic carbocycles. The summed E-state index contributed by atoms with van der Waals surface area (Å²) < 4.78 is 0. The van der Waals surface area contributed by atoms with Crippen molar-refractivity contribution in [3.63, 3.8) is 0 Å². The number of rotatable bonds is 2. The molecule has 0 bridgehead atoms. The Balaban J connectivity index is 2.60. The van der Waals surface area contributed by atoms with Crippen molar-refractivity contribution in [3.05, 3.63) is 39.8 Å². The fraction of sp³-hybridized carbons (Fsp3) is 0. The van der Waals surface area contributed by atoms with E-state index in [9.17, 15) is 10.1 Å². The van der Waals surface area contributed by atoms with Crippen molar-refractivity contribution < 1.29 is 4.92 Å². The lowest BCUT2D eigenvalue weighted by atomic mass is 10.2. The Labute approximate surface area is 100 Å². The molecule has 2 rings (SSSR count). The van der Waals surface area contributed by atoms with Crippen LogP contribution < -0.4 is 5.73 Å². The average Bonchev–Trinajstić information content (AvgIpc) is 2.28. The molecule has 2 N–H and O–H groups in total. The molecule has 0 aliphatic heterocycles. The van der Waals surface area contributed by atoms with Gasteiger partial charge < -0.3 is 5.73 Å². The minimum Gasteiger partial charge on any atom is -0.382 e. The maximum absolute atomic E-state index is 10.7. The Morgan fingerprint density at radius 1 is 1.29 bits per heavy atom. The molecule has 0 aliphatic rings. The lowest BCUT2D eigenvalue weighted by Gasteiger charge is -2.02. The standard InChI is InChI=1S/C9H6ClN5O2/c10-7-4-5(15(16)17)3-6(14-7)8-9(11)13-2-1-12-8/h1-4H,(H2,11,13). The van der Waals surface area contributed by atoms with E-state index in [4.69, 9.17) is 17.3 Å². The number of nitrogens with zero attached hydrogens (tertiary/aromatic N) is 4. The minimum absolute atomic E-state index is 0.000692. The monoisotopic (exact) mass is 251 g/mol. The number of anilines is 1. The van der Waals surface area contributed by atoms with E-state index in [0.717, 1.165) is 6.07 Å². The Morgan fingerprint density at radius 3 is 2.65 bits per heavy atom. The summed E-state index contributed by atoms with van der Waals surface area (Å²) in [5.41, 5.74) is 5.91. The molecular formula is C9H6ClN5O2. The molecule has 0 aromatic carbocycles. The molecule has 86 valence electrons. The van der Waals surface area contributed by atoms with Gasteiger partial charge in [0.1, 0.15) is 16.5 Å². The van der Waals surface area contributed by atoms with Gasteiger partial charge >= 0.3 is 0 Å². The fourth-order valence-corrected chi connectivity index (χ4v) is 1.46. The van der Waals surface area contributed by atoms with Crippen LogP contribution in [0.15, 0.2) is 24.5 Å². The largest absolute Gasteiger partial charge is 0.382 e. The molecule has 0 amide bonds. The van der Waals surface area contributed by atoms with Crippen LogP contribution in [-0.2, 0) is 0 Å². The van der Waals surface area contributed by atoms with Gasteiger partial charge in [-0.05, 0) is 0 Å². The lowest BCUT2D eigenvalue weighted by Crippen LogP contribution is -1.99. The molecule has 0 fully saturated rings. The van der Waals surface area contributed by atoms with Gasteiger partial charge in [0.15, 0.2) is 5.82 Å². The zero-order valence-corrected chi connectivity index (χ0v) is 9.13. The first-order valence-corrected chi connectivity index (χ1v) is 4.84. The average molecular weight is 252 g/mol. The fourth-order valence-electron chi connectivity index (χ4n) is 1.26. The van der Waals surface area contributed by atoms with Crippen molar-refractivity contribution >= 4 is 23.1 Å². The van der Waals surface area contributed by atoms with Crippen LogP contribution in [-0.4, -0.2) is 19.9 Å². The van der Waals surface area contributed by atoms with Crippen molar-refractivity contribution in [2.75, 3.05) is 5.73 Å². The molecule has 0 radical (unpaired) electrons. The highest BCUT2D eigenvalue weighted by molar-refractivity contribution is 6.29. The highest BCUT2D eigenvalue weighted by Gasteiger charge is 2.14. The number of hydrogen-bond acceptors (Lipinski definition) is 6. The lowest BCUT2D eigenvalue weighted by molar-refractivity contribution is -0.384. The molecule has 17 heavy (non-hydrogen) atoms. The first-order valence-electron chi connectivity index (χ1n) is 4.47. The number of pyridine rings is 1. The van der Waals surface area contributed by atoms with Gasteiger partial charge in [0.25, 0.3) is 5.69 Å². The third-order valence-corrected chi connectivity index (χ3v) is 2.15. The second-order valence-corrected chi connectivity index (χ2v) is 3.47. The maximum Gasteiger partial charge on any atom is 0.274 e. The Hall–Kier alpha value is -2.28. The summed E-state index contributed by atoms with van der Waals surface area (Å²) in [5.74, 6) is 0.136. The van der Waals surface area contributed by atoms with Gasteiger partial charge in [-0.15, -0.1) is 0 Å². The SMILES string of the molecule is Nc1nccnc1-c1cc([N+](=O)[O-])cc(Cl)n1. The van der Waals surface area contributed by atoms with Crippen LogP contribution in [0.25, 0.3) is 11.4 Å². The molecule has 2 aromatic rings. The summed E-state index contributed by atoms with van der Waals surface area (Å²) in [6, 6.07) is 2.39. The molecule has 2 heterocycles. The van der Waals surface area contributed by atoms with Crippen LogP contribution in [0.2, 0.25) is 5.15 Å². The molecule has 8 heteroatoms. The zero-order valence-electron chi connectivity index (χ0n) is 8.37. The molecule has 2 aromatic heterocycles. The van der Waals surface area contributed by atoms with E-state index in [0.29, 0.717) is 0 Å². The molecule has 7 nitrogen and oxygen atoms in total. The smallest absolute Gasteiger partial charge is 0.274 e. The van der Waals surface area contributed by atoms with Crippen molar-refractivity contribution in [3.8, 4) is 11.4 Å². The van der Waals surface area contributed by atoms with Crippen molar-refractivity contribution in [1.82, 2.24) is 15.0 Å². The van der Waals surface area contributed by atoms with Crippen LogP contribution >= 0.6 is 11.6 Å². The quantitative estimate of drug-likeness (QED) is 0.494. The van der Waals surface area contributed by atoms with E-state index >= 15 is 0 Å². The highest BCUT2D eigenvalue weighted by atomic mass is 35.5. The minimum atomic E-state index is -0.566. The number of halogens is 1. The van der Waals surface area contributed by atoms with Crippen LogP contribution in [0.4, 0.5) is 11.5 Å².